The Morgan fingerprint density at radius 1 is 1.17 bits per heavy atom. The lowest BCUT2D eigenvalue weighted by molar-refractivity contribution is -0.120. The zero-order chi connectivity index (χ0) is 16.4. The number of hydrogen-bond donors (Lipinski definition) is 2. The van der Waals surface area contributed by atoms with Crippen molar-refractivity contribution in [3.63, 3.8) is 0 Å². The highest BCUT2D eigenvalue weighted by Crippen LogP contribution is 2.36. The normalized spacial score (nSPS) is 16.4. The molecule has 7 heteroatoms. The van der Waals surface area contributed by atoms with Gasteiger partial charge in [0.1, 0.15) is 0 Å². The molecule has 1 heterocycles. The van der Waals surface area contributed by atoms with Crippen molar-refractivity contribution < 1.29 is 9.59 Å². The third-order valence-electron chi connectivity index (χ3n) is 3.28. The molecule has 0 aliphatic carbocycles. The summed E-state index contributed by atoms with van der Waals surface area (Å²) in [6, 6.07) is 12.4. The molecule has 2 aromatic rings. The molecule has 3 rings (SSSR count). The topological polar surface area (TPSA) is 58.2 Å². The standard InChI is InChI=1S/C16H12Cl2N2O2S/c17-10-6-5-9(7-11(10)18)19-15(21)8-14-16(22)20-12-3-1-2-4-13(12)23-14/h1-7,14H,8H2,(H,19,21)(H,20,22). The third kappa shape index (κ3) is 3.80. The first-order chi connectivity index (χ1) is 11.0. The molecule has 0 spiro atoms. The average Bonchev–Trinajstić information content (AvgIpc) is 2.51. The van der Waals surface area contributed by atoms with Crippen LogP contribution < -0.4 is 10.6 Å². The number of amides is 2. The van der Waals surface area contributed by atoms with Crippen LogP contribution >= 0.6 is 35.0 Å². The fourth-order valence-electron chi connectivity index (χ4n) is 2.18. The summed E-state index contributed by atoms with van der Waals surface area (Å²) in [5.74, 6) is -0.423. The van der Waals surface area contributed by atoms with Crippen LogP contribution in [0.25, 0.3) is 0 Å². The van der Waals surface area contributed by atoms with Crippen molar-refractivity contribution in [1.82, 2.24) is 0 Å². The maximum absolute atomic E-state index is 12.2. The van der Waals surface area contributed by atoms with Gasteiger partial charge in [-0.15, -0.1) is 11.8 Å². The van der Waals surface area contributed by atoms with Crippen molar-refractivity contribution in [2.24, 2.45) is 0 Å². The summed E-state index contributed by atoms with van der Waals surface area (Å²) in [5.41, 5.74) is 1.33. The number of fused-ring (bicyclic) bond motifs is 1. The minimum Gasteiger partial charge on any atom is -0.326 e. The van der Waals surface area contributed by atoms with Crippen molar-refractivity contribution in [1.29, 1.82) is 0 Å². The molecule has 0 saturated heterocycles. The van der Waals surface area contributed by atoms with E-state index in [2.05, 4.69) is 10.6 Å². The Labute approximate surface area is 147 Å². The molecule has 23 heavy (non-hydrogen) atoms. The van der Waals surface area contributed by atoms with Gasteiger partial charge in [-0.2, -0.15) is 0 Å². The van der Waals surface area contributed by atoms with Crippen molar-refractivity contribution in [3.8, 4) is 0 Å². The van der Waals surface area contributed by atoms with Gasteiger partial charge in [0, 0.05) is 17.0 Å². The van der Waals surface area contributed by atoms with Crippen molar-refractivity contribution in [2.75, 3.05) is 10.6 Å². The van der Waals surface area contributed by atoms with Gasteiger partial charge in [0.25, 0.3) is 0 Å². The zero-order valence-corrected chi connectivity index (χ0v) is 14.1. The number of carbonyl (C=O) groups is 2. The summed E-state index contributed by atoms with van der Waals surface area (Å²) in [5, 5.41) is 5.86. The highest BCUT2D eigenvalue weighted by Gasteiger charge is 2.28. The summed E-state index contributed by atoms with van der Waals surface area (Å²) in [7, 11) is 0. The average molecular weight is 367 g/mol. The van der Waals surface area contributed by atoms with Gasteiger partial charge in [-0.1, -0.05) is 35.3 Å². The van der Waals surface area contributed by atoms with E-state index in [0.717, 1.165) is 10.6 Å². The third-order valence-corrected chi connectivity index (χ3v) is 5.29. The molecule has 1 aliphatic rings. The van der Waals surface area contributed by atoms with Crippen LogP contribution in [0, 0.1) is 0 Å². The minimum atomic E-state index is -0.465. The number of halogens is 2. The molecule has 2 amide bonds. The van der Waals surface area contributed by atoms with Gasteiger partial charge in [-0.05, 0) is 30.3 Å². The number of benzene rings is 2. The molecule has 0 fully saturated rings. The lowest BCUT2D eigenvalue weighted by Crippen LogP contribution is -2.32. The summed E-state index contributed by atoms with van der Waals surface area (Å²) in [4.78, 5) is 25.2. The van der Waals surface area contributed by atoms with Gasteiger partial charge < -0.3 is 10.6 Å². The zero-order valence-electron chi connectivity index (χ0n) is 11.8. The van der Waals surface area contributed by atoms with Gasteiger partial charge in [0.15, 0.2) is 0 Å². The Morgan fingerprint density at radius 2 is 1.96 bits per heavy atom. The molecule has 2 N–H and O–H groups in total. The molecular weight excluding hydrogens is 355 g/mol. The summed E-state index contributed by atoms with van der Waals surface area (Å²) in [6.07, 6.45) is 0.0745. The molecule has 0 radical (unpaired) electrons. The highest BCUT2D eigenvalue weighted by molar-refractivity contribution is 8.01. The Hall–Kier alpha value is -1.69. The largest absolute Gasteiger partial charge is 0.326 e. The predicted octanol–water partition coefficient (Wildman–Crippen LogP) is 4.44. The smallest absolute Gasteiger partial charge is 0.238 e. The fraction of sp³-hybridized carbons (Fsp3) is 0.125. The van der Waals surface area contributed by atoms with E-state index in [9.17, 15) is 9.59 Å². The number of anilines is 2. The van der Waals surface area contributed by atoms with Crippen molar-refractivity contribution in [2.45, 2.75) is 16.6 Å². The van der Waals surface area contributed by atoms with E-state index >= 15 is 0 Å². The van der Waals surface area contributed by atoms with Crippen molar-refractivity contribution >= 4 is 58.2 Å². The number of para-hydroxylation sites is 1. The van der Waals surface area contributed by atoms with Crippen LogP contribution in [-0.4, -0.2) is 17.1 Å². The second kappa shape index (κ2) is 6.83. The molecule has 2 aromatic carbocycles. The second-order valence-corrected chi connectivity index (χ2v) is 7.03. The Morgan fingerprint density at radius 3 is 2.74 bits per heavy atom. The van der Waals surface area contributed by atoms with E-state index < -0.39 is 5.25 Å². The molecule has 4 nitrogen and oxygen atoms in total. The minimum absolute atomic E-state index is 0.0745. The van der Waals surface area contributed by atoms with Gasteiger partial charge in [-0.3, -0.25) is 9.59 Å². The Balaban J connectivity index is 1.66. The molecule has 118 valence electrons. The second-order valence-electron chi connectivity index (χ2n) is 4.97. The quantitative estimate of drug-likeness (QED) is 0.844. The van der Waals surface area contributed by atoms with Gasteiger partial charge in [-0.25, -0.2) is 0 Å². The van der Waals surface area contributed by atoms with Crippen LogP contribution in [0.1, 0.15) is 6.42 Å². The van der Waals surface area contributed by atoms with Crippen LogP contribution in [0.15, 0.2) is 47.4 Å². The lowest BCUT2D eigenvalue weighted by Gasteiger charge is -2.23. The van der Waals surface area contributed by atoms with Crippen LogP contribution in [0.5, 0.6) is 0 Å². The van der Waals surface area contributed by atoms with Crippen LogP contribution in [0.4, 0.5) is 11.4 Å². The van der Waals surface area contributed by atoms with Gasteiger partial charge >= 0.3 is 0 Å². The molecule has 1 unspecified atom stereocenters. The first-order valence-electron chi connectivity index (χ1n) is 6.84. The number of rotatable bonds is 3. The van der Waals surface area contributed by atoms with E-state index in [0.29, 0.717) is 15.7 Å². The molecule has 0 aromatic heterocycles. The highest BCUT2D eigenvalue weighted by atomic mass is 35.5. The maximum atomic E-state index is 12.2. The first-order valence-corrected chi connectivity index (χ1v) is 8.48. The monoisotopic (exact) mass is 366 g/mol. The van der Waals surface area contributed by atoms with Crippen molar-refractivity contribution in [3.05, 3.63) is 52.5 Å². The molecule has 0 saturated carbocycles. The maximum Gasteiger partial charge on any atom is 0.238 e. The summed E-state index contributed by atoms with van der Waals surface area (Å²) >= 11 is 13.1. The van der Waals surface area contributed by atoms with Gasteiger partial charge in [0.2, 0.25) is 11.8 Å². The van der Waals surface area contributed by atoms with Crippen LogP contribution in [-0.2, 0) is 9.59 Å². The van der Waals surface area contributed by atoms with Crippen LogP contribution in [0.2, 0.25) is 10.0 Å². The summed E-state index contributed by atoms with van der Waals surface area (Å²) < 4.78 is 0. The van der Waals surface area contributed by atoms with E-state index in [-0.39, 0.29) is 18.2 Å². The van der Waals surface area contributed by atoms with Crippen LogP contribution in [0.3, 0.4) is 0 Å². The SMILES string of the molecule is O=C(CC1Sc2ccccc2NC1=O)Nc1ccc(Cl)c(Cl)c1. The Kier molecular flexibility index (Phi) is 4.80. The Bertz CT molecular complexity index is 782. The number of hydrogen-bond acceptors (Lipinski definition) is 3. The van der Waals surface area contributed by atoms with E-state index in [1.165, 1.54) is 11.8 Å². The molecular formula is C16H12Cl2N2O2S. The van der Waals surface area contributed by atoms with E-state index in [1.54, 1.807) is 18.2 Å². The lowest BCUT2D eigenvalue weighted by atomic mass is 10.2. The van der Waals surface area contributed by atoms with E-state index in [4.69, 9.17) is 23.2 Å². The number of carbonyl (C=O) groups excluding carboxylic acids is 2. The molecule has 0 bridgehead atoms. The number of thioether (sulfide) groups is 1. The number of nitrogens with one attached hydrogen (secondary N) is 2. The first kappa shape index (κ1) is 16.2. The molecule has 1 atom stereocenters. The van der Waals surface area contributed by atoms with E-state index in [1.807, 2.05) is 24.3 Å². The van der Waals surface area contributed by atoms with Gasteiger partial charge in [0.05, 0.1) is 21.0 Å². The predicted molar refractivity (Wildman–Crippen MR) is 94.4 cm³/mol. The fourth-order valence-corrected chi connectivity index (χ4v) is 3.59. The summed E-state index contributed by atoms with van der Waals surface area (Å²) in [6.45, 7) is 0. The molecule has 1 aliphatic heterocycles.